The van der Waals surface area contributed by atoms with E-state index in [9.17, 15) is 0 Å². The molecule has 0 aliphatic rings. The quantitative estimate of drug-likeness (QED) is 0.888. The van der Waals surface area contributed by atoms with Gasteiger partial charge in [0, 0.05) is 10.2 Å². The van der Waals surface area contributed by atoms with Gasteiger partial charge in [-0.2, -0.15) is 0 Å². The minimum atomic E-state index is 0.117. The van der Waals surface area contributed by atoms with E-state index in [1.54, 1.807) is 0 Å². The van der Waals surface area contributed by atoms with Crippen molar-refractivity contribution in [3.8, 4) is 5.75 Å². The Hall–Kier alpha value is -1.48. The Labute approximate surface area is 116 Å². The highest BCUT2D eigenvalue weighted by molar-refractivity contribution is 9.10. The summed E-state index contributed by atoms with van der Waals surface area (Å²) in [7, 11) is 0. The van der Waals surface area contributed by atoms with Crippen LogP contribution in [0.1, 0.15) is 6.92 Å². The van der Waals surface area contributed by atoms with Crippen LogP contribution in [0.4, 0.5) is 5.69 Å². The van der Waals surface area contributed by atoms with Crippen LogP contribution in [0, 0.1) is 0 Å². The van der Waals surface area contributed by atoms with Gasteiger partial charge in [-0.05, 0) is 43.3 Å². The molecule has 2 aromatic rings. The Bertz CT molecular complexity index is 470. The first-order chi connectivity index (χ1) is 8.74. The molecule has 0 fully saturated rings. The van der Waals surface area contributed by atoms with Gasteiger partial charge in [-0.3, -0.25) is 0 Å². The minimum absolute atomic E-state index is 0.117. The zero-order chi connectivity index (χ0) is 12.8. The molecule has 2 rings (SSSR count). The van der Waals surface area contributed by atoms with Gasteiger partial charge in [0.15, 0.2) is 0 Å². The van der Waals surface area contributed by atoms with Gasteiger partial charge in [-0.15, -0.1) is 0 Å². The first-order valence-electron chi connectivity index (χ1n) is 5.95. The SMILES string of the molecule is CC(CNc1ccccc1)Oc1ccc(Br)cc1. The fourth-order valence-electron chi connectivity index (χ4n) is 1.60. The molecule has 0 aliphatic carbocycles. The second-order valence-electron chi connectivity index (χ2n) is 4.13. The second-order valence-corrected chi connectivity index (χ2v) is 5.04. The topological polar surface area (TPSA) is 21.3 Å². The zero-order valence-corrected chi connectivity index (χ0v) is 11.9. The van der Waals surface area contributed by atoms with Crippen LogP contribution in [0.25, 0.3) is 0 Å². The highest BCUT2D eigenvalue weighted by Crippen LogP contribution is 2.17. The molecule has 18 heavy (non-hydrogen) atoms. The standard InChI is InChI=1S/C15H16BrNO/c1-12(11-17-14-5-3-2-4-6-14)18-15-9-7-13(16)8-10-15/h2-10,12,17H,11H2,1H3. The van der Waals surface area contributed by atoms with Crippen molar-refractivity contribution in [1.29, 1.82) is 0 Å². The van der Waals surface area contributed by atoms with E-state index in [-0.39, 0.29) is 6.10 Å². The predicted octanol–water partition coefficient (Wildman–Crippen LogP) is 4.33. The number of rotatable bonds is 5. The normalized spacial score (nSPS) is 11.9. The van der Waals surface area contributed by atoms with Gasteiger partial charge in [-0.1, -0.05) is 34.1 Å². The summed E-state index contributed by atoms with van der Waals surface area (Å²) < 4.78 is 6.87. The van der Waals surface area contributed by atoms with Crippen molar-refractivity contribution in [1.82, 2.24) is 0 Å². The molecule has 1 atom stereocenters. The van der Waals surface area contributed by atoms with Gasteiger partial charge in [0.1, 0.15) is 11.9 Å². The van der Waals surface area contributed by atoms with E-state index in [1.807, 2.05) is 54.6 Å². The molecule has 0 bridgehead atoms. The lowest BCUT2D eigenvalue weighted by molar-refractivity contribution is 0.234. The summed E-state index contributed by atoms with van der Waals surface area (Å²) in [6, 6.07) is 18.0. The summed E-state index contributed by atoms with van der Waals surface area (Å²) in [5.74, 6) is 0.889. The maximum absolute atomic E-state index is 5.81. The molecule has 2 nitrogen and oxygen atoms in total. The highest BCUT2D eigenvalue weighted by Gasteiger charge is 2.03. The Morgan fingerprint density at radius 3 is 2.39 bits per heavy atom. The third-order valence-corrected chi connectivity index (χ3v) is 3.05. The van der Waals surface area contributed by atoms with Gasteiger partial charge < -0.3 is 10.1 Å². The fraction of sp³-hybridized carbons (Fsp3) is 0.200. The van der Waals surface area contributed by atoms with Crippen molar-refractivity contribution in [2.45, 2.75) is 13.0 Å². The average molecular weight is 306 g/mol. The number of hydrogen-bond donors (Lipinski definition) is 1. The van der Waals surface area contributed by atoms with E-state index in [1.165, 1.54) is 0 Å². The molecule has 0 aromatic heterocycles. The number of benzene rings is 2. The molecular formula is C15H16BrNO. The number of anilines is 1. The van der Waals surface area contributed by atoms with E-state index < -0.39 is 0 Å². The van der Waals surface area contributed by atoms with Gasteiger partial charge in [0.2, 0.25) is 0 Å². The molecule has 0 spiro atoms. The first-order valence-corrected chi connectivity index (χ1v) is 6.74. The van der Waals surface area contributed by atoms with Gasteiger partial charge >= 0.3 is 0 Å². The van der Waals surface area contributed by atoms with Crippen LogP contribution in [0.5, 0.6) is 5.75 Å². The van der Waals surface area contributed by atoms with Crippen LogP contribution in [0.15, 0.2) is 59.1 Å². The van der Waals surface area contributed by atoms with Crippen LogP contribution < -0.4 is 10.1 Å². The molecule has 94 valence electrons. The first kappa shape index (κ1) is 13.0. The molecule has 0 radical (unpaired) electrons. The second kappa shape index (κ2) is 6.45. The Kier molecular flexibility index (Phi) is 4.65. The van der Waals surface area contributed by atoms with E-state index in [4.69, 9.17) is 4.74 Å². The van der Waals surface area contributed by atoms with Crippen molar-refractivity contribution < 1.29 is 4.74 Å². The number of nitrogens with one attached hydrogen (secondary N) is 1. The van der Waals surface area contributed by atoms with Crippen molar-refractivity contribution in [2.75, 3.05) is 11.9 Å². The average Bonchev–Trinajstić information content (AvgIpc) is 2.40. The molecule has 0 aliphatic heterocycles. The summed E-state index contributed by atoms with van der Waals surface area (Å²) >= 11 is 3.41. The lowest BCUT2D eigenvalue weighted by Gasteiger charge is -2.16. The summed E-state index contributed by atoms with van der Waals surface area (Å²) in [6.07, 6.45) is 0.117. The highest BCUT2D eigenvalue weighted by atomic mass is 79.9. The fourth-order valence-corrected chi connectivity index (χ4v) is 1.87. The monoisotopic (exact) mass is 305 g/mol. The Balaban J connectivity index is 1.82. The zero-order valence-electron chi connectivity index (χ0n) is 10.3. The van der Waals surface area contributed by atoms with Crippen LogP contribution in [-0.4, -0.2) is 12.6 Å². The predicted molar refractivity (Wildman–Crippen MR) is 79.2 cm³/mol. The molecule has 0 saturated carbocycles. The van der Waals surface area contributed by atoms with Crippen LogP contribution in [-0.2, 0) is 0 Å². The van der Waals surface area contributed by atoms with Crippen LogP contribution >= 0.6 is 15.9 Å². The van der Waals surface area contributed by atoms with Crippen molar-refractivity contribution >= 4 is 21.6 Å². The largest absolute Gasteiger partial charge is 0.489 e. The number of para-hydroxylation sites is 1. The molecular weight excluding hydrogens is 290 g/mol. The lowest BCUT2D eigenvalue weighted by atomic mass is 10.3. The number of hydrogen-bond acceptors (Lipinski definition) is 2. The van der Waals surface area contributed by atoms with Crippen molar-refractivity contribution in [2.24, 2.45) is 0 Å². The van der Waals surface area contributed by atoms with Crippen molar-refractivity contribution in [3.05, 3.63) is 59.1 Å². The maximum atomic E-state index is 5.81. The van der Waals surface area contributed by atoms with Gasteiger partial charge in [0.25, 0.3) is 0 Å². The minimum Gasteiger partial charge on any atom is -0.489 e. The lowest BCUT2D eigenvalue weighted by Crippen LogP contribution is -2.22. The van der Waals surface area contributed by atoms with E-state index >= 15 is 0 Å². The molecule has 3 heteroatoms. The van der Waals surface area contributed by atoms with Gasteiger partial charge in [-0.25, -0.2) is 0 Å². The molecule has 1 N–H and O–H groups in total. The molecule has 0 amide bonds. The molecule has 0 saturated heterocycles. The van der Waals surface area contributed by atoms with Crippen LogP contribution in [0.3, 0.4) is 0 Å². The summed E-state index contributed by atoms with van der Waals surface area (Å²) in [4.78, 5) is 0. The third-order valence-electron chi connectivity index (χ3n) is 2.52. The van der Waals surface area contributed by atoms with E-state index in [2.05, 4.69) is 28.2 Å². The van der Waals surface area contributed by atoms with E-state index in [0.717, 1.165) is 22.5 Å². The van der Waals surface area contributed by atoms with E-state index in [0.29, 0.717) is 0 Å². The number of halogens is 1. The number of ether oxygens (including phenoxy) is 1. The summed E-state index contributed by atoms with van der Waals surface area (Å²) in [6.45, 7) is 2.83. The smallest absolute Gasteiger partial charge is 0.119 e. The third kappa shape index (κ3) is 4.08. The van der Waals surface area contributed by atoms with Crippen molar-refractivity contribution in [3.63, 3.8) is 0 Å². The summed E-state index contributed by atoms with van der Waals surface area (Å²) in [5, 5.41) is 3.34. The Morgan fingerprint density at radius 1 is 1.06 bits per heavy atom. The molecule has 1 unspecified atom stereocenters. The van der Waals surface area contributed by atoms with Gasteiger partial charge in [0.05, 0.1) is 6.54 Å². The summed E-state index contributed by atoms with van der Waals surface area (Å²) in [5.41, 5.74) is 1.11. The van der Waals surface area contributed by atoms with Crippen LogP contribution in [0.2, 0.25) is 0 Å². The molecule has 0 heterocycles. The maximum Gasteiger partial charge on any atom is 0.119 e. The Morgan fingerprint density at radius 2 is 1.72 bits per heavy atom. The molecule has 2 aromatic carbocycles.